The molecule has 0 radical (unpaired) electrons. The molecule has 5 rings (SSSR count). The van der Waals surface area contributed by atoms with Gasteiger partial charge >= 0.3 is 0 Å². The van der Waals surface area contributed by atoms with Gasteiger partial charge in [-0.05, 0) is 36.4 Å². The highest BCUT2D eigenvalue weighted by atomic mass is 35.5. The third kappa shape index (κ3) is 3.85. The van der Waals surface area contributed by atoms with Crippen LogP contribution in [0.15, 0.2) is 93.3 Å². The number of fused-ring (bicyclic) bond motifs is 1. The lowest BCUT2D eigenvalue weighted by Gasteiger charge is -2.12. The van der Waals surface area contributed by atoms with Crippen molar-refractivity contribution >= 4 is 34.3 Å². The highest BCUT2D eigenvalue weighted by Gasteiger charge is 2.16. The number of aromatic nitrogens is 4. The Morgan fingerprint density at radius 1 is 0.903 bits per heavy atom. The summed E-state index contributed by atoms with van der Waals surface area (Å²) >= 11 is 7.59. The maximum Gasteiger partial charge on any atom is 0.266 e. The van der Waals surface area contributed by atoms with Crippen molar-refractivity contribution in [2.75, 3.05) is 0 Å². The number of hydrogen-bond donors (Lipinski definition) is 0. The maximum absolute atomic E-state index is 13.2. The van der Waals surface area contributed by atoms with Gasteiger partial charge in [-0.1, -0.05) is 71.0 Å². The molecule has 0 N–H and O–H groups in total. The highest BCUT2D eigenvalue weighted by molar-refractivity contribution is 7.98. The Labute approximate surface area is 186 Å². The third-order valence-corrected chi connectivity index (χ3v) is 5.92. The number of rotatable bonds is 5. The van der Waals surface area contributed by atoms with E-state index >= 15 is 0 Å². The average molecular weight is 447 g/mol. The molecule has 0 aliphatic heterocycles. The van der Waals surface area contributed by atoms with Crippen molar-refractivity contribution in [3.63, 3.8) is 0 Å². The molecule has 0 bridgehead atoms. The topological polar surface area (TPSA) is 73.8 Å². The quantitative estimate of drug-likeness (QED) is 0.266. The van der Waals surface area contributed by atoms with E-state index in [4.69, 9.17) is 21.1 Å². The van der Waals surface area contributed by atoms with Crippen LogP contribution in [0.3, 0.4) is 0 Å². The van der Waals surface area contributed by atoms with Crippen LogP contribution in [0.1, 0.15) is 5.89 Å². The molecule has 2 heterocycles. The molecule has 0 aliphatic rings. The summed E-state index contributed by atoms with van der Waals surface area (Å²) in [6.45, 7) is 0. The second-order valence-electron chi connectivity index (χ2n) is 6.67. The van der Waals surface area contributed by atoms with Gasteiger partial charge < -0.3 is 4.52 Å². The molecule has 0 unspecified atom stereocenters. The van der Waals surface area contributed by atoms with E-state index in [1.165, 1.54) is 11.8 Å². The monoisotopic (exact) mass is 446 g/mol. The minimum atomic E-state index is -0.124. The van der Waals surface area contributed by atoms with Crippen LogP contribution in [0.5, 0.6) is 0 Å². The number of benzene rings is 3. The number of nitrogens with zero attached hydrogens (tertiary/aromatic N) is 4. The van der Waals surface area contributed by atoms with Crippen molar-refractivity contribution in [3.05, 3.63) is 100 Å². The lowest BCUT2D eigenvalue weighted by Crippen LogP contribution is -2.21. The molecule has 6 nitrogen and oxygen atoms in total. The second-order valence-corrected chi connectivity index (χ2v) is 8.02. The zero-order chi connectivity index (χ0) is 21.2. The SMILES string of the molecule is O=c1c2ccccc2nc(SCc2nc(-c3ccccc3Cl)no2)n1-c1ccccc1. The molecular weight excluding hydrogens is 432 g/mol. The Bertz CT molecular complexity index is 1430. The van der Waals surface area contributed by atoms with E-state index in [0.29, 0.717) is 44.1 Å². The number of hydrogen-bond acceptors (Lipinski definition) is 6. The van der Waals surface area contributed by atoms with E-state index in [0.717, 1.165) is 5.69 Å². The Morgan fingerprint density at radius 2 is 1.65 bits per heavy atom. The van der Waals surface area contributed by atoms with Crippen LogP contribution >= 0.6 is 23.4 Å². The number of thioether (sulfide) groups is 1. The number of halogens is 1. The fourth-order valence-electron chi connectivity index (χ4n) is 3.21. The van der Waals surface area contributed by atoms with Gasteiger partial charge in [0.05, 0.1) is 27.4 Å². The summed E-state index contributed by atoms with van der Waals surface area (Å²) in [5, 5.41) is 5.70. The normalized spacial score (nSPS) is 11.1. The molecule has 2 aromatic heterocycles. The van der Waals surface area contributed by atoms with Crippen molar-refractivity contribution in [1.82, 2.24) is 19.7 Å². The summed E-state index contributed by atoms with van der Waals surface area (Å²) in [5.74, 6) is 1.20. The highest BCUT2D eigenvalue weighted by Crippen LogP contribution is 2.28. The van der Waals surface area contributed by atoms with Gasteiger partial charge in [0.2, 0.25) is 11.7 Å². The van der Waals surface area contributed by atoms with Gasteiger partial charge in [0.15, 0.2) is 5.16 Å². The van der Waals surface area contributed by atoms with Crippen molar-refractivity contribution in [3.8, 4) is 17.1 Å². The van der Waals surface area contributed by atoms with Crippen molar-refractivity contribution in [2.45, 2.75) is 10.9 Å². The van der Waals surface area contributed by atoms with E-state index in [2.05, 4.69) is 10.1 Å². The van der Waals surface area contributed by atoms with E-state index in [1.807, 2.05) is 66.7 Å². The summed E-state index contributed by atoms with van der Waals surface area (Å²) in [7, 11) is 0. The van der Waals surface area contributed by atoms with Gasteiger partial charge in [-0.3, -0.25) is 9.36 Å². The van der Waals surface area contributed by atoms with E-state index in [-0.39, 0.29) is 5.56 Å². The molecule has 5 aromatic rings. The molecule has 0 spiro atoms. The zero-order valence-electron chi connectivity index (χ0n) is 16.1. The lowest BCUT2D eigenvalue weighted by atomic mass is 10.2. The predicted octanol–water partition coefficient (Wildman–Crippen LogP) is 5.38. The van der Waals surface area contributed by atoms with Crippen LogP contribution in [0.4, 0.5) is 0 Å². The lowest BCUT2D eigenvalue weighted by molar-refractivity contribution is 0.391. The second kappa shape index (κ2) is 8.37. The molecule has 0 amide bonds. The Balaban J connectivity index is 1.51. The fourth-order valence-corrected chi connectivity index (χ4v) is 4.28. The van der Waals surface area contributed by atoms with Crippen LogP contribution in [0, 0.1) is 0 Å². The first kappa shape index (κ1) is 19.5. The van der Waals surface area contributed by atoms with Crippen molar-refractivity contribution in [2.24, 2.45) is 0 Å². The molecular formula is C23H15ClN4O2S. The molecule has 0 aliphatic carbocycles. The Morgan fingerprint density at radius 3 is 2.48 bits per heavy atom. The van der Waals surface area contributed by atoms with E-state index in [9.17, 15) is 4.79 Å². The van der Waals surface area contributed by atoms with Crippen molar-refractivity contribution in [1.29, 1.82) is 0 Å². The minimum Gasteiger partial charge on any atom is -0.338 e. The molecule has 0 saturated heterocycles. The third-order valence-electron chi connectivity index (χ3n) is 4.67. The van der Waals surface area contributed by atoms with Crippen LogP contribution in [0.2, 0.25) is 5.02 Å². The van der Waals surface area contributed by atoms with Gasteiger partial charge in [0.1, 0.15) is 0 Å². The molecule has 152 valence electrons. The van der Waals surface area contributed by atoms with Crippen LogP contribution in [-0.2, 0) is 5.75 Å². The average Bonchev–Trinajstić information content (AvgIpc) is 3.27. The van der Waals surface area contributed by atoms with Crippen LogP contribution < -0.4 is 5.56 Å². The molecule has 3 aromatic carbocycles. The molecule has 0 saturated carbocycles. The molecule has 31 heavy (non-hydrogen) atoms. The zero-order valence-corrected chi connectivity index (χ0v) is 17.7. The number of para-hydroxylation sites is 2. The molecule has 0 atom stereocenters. The van der Waals surface area contributed by atoms with Gasteiger partial charge in [-0.2, -0.15) is 4.98 Å². The minimum absolute atomic E-state index is 0.124. The first-order chi connectivity index (χ1) is 15.2. The van der Waals surface area contributed by atoms with Gasteiger partial charge in [-0.25, -0.2) is 4.98 Å². The first-order valence-electron chi connectivity index (χ1n) is 9.48. The summed E-state index contributed by atoms with van der Waals surface area (Å²) in [6, 6.07) is 24.1. The largest absolute Gasteiger partial charge is 0.338 e. The smallest absolute Gasteiger partial charge is 0.266 e. The van der Waals surface area contributed by atoms with Crippen LogP contribution in [-0.4, -0.2) is 19.7 Å². The van der Waals surface area contributed by atoms with E-state index < -0.39 is 0 Å². The standard InChI is InChI=1S/C23H15ClN4O2S/c24-18-12-6-4-10-16(18)21-26-20(30-27-21)14-31-23-25-19-13-7-5-11-17(19)22(29)28(23)15-8-2-1-3-9-15/h1-13H,14H2. The summed E-state index contributed by atoms with van der Waals surface area (Å²) < 4.78 is 7.01. The summed E-state index contributed by atoms with van der Waals surface area (Å²) in [5.41, 5.74) is 1.97. The van der Waals surface area contributed by atoms with Gasteiger partial charge in [0.25, 0.3) is 5.56 Å². The Hall–Kier alpha value is -3.42. The first-order valence-corrected chi connectivity index (χ1v) is 10.8. The van der Waals surface area contributed by atoms with Gasteiger partial charge in [0, 0.05) is 5.56 Å². The van der Waals surface area contributed by atoms with Crippen LogP contribution in [0.25, 0.3) is 28.0 Å². The fraction of sp³-hybridized carbons (Fsp3) is 0.0435. The molecule has 0 fully saturated rings. The Kier molecular flexibility index (Phi) is 5.28. The molecule has 8 heteroatoms. The van der Waals surface area contributed by atoms with Crippen molar-refractivity contribution < 1.29 is 4.52 Å². The maximum atomic E-state index is 13.2. The summed E-state index contributed by atoms with van der Waals surface area (Å²) in [6.07, 6.45) is 0. The van der Waals surface area contributed by atoms with Gasteiger partial charge in [-0.15, -0.1) is 0 Å². The van der Waals surface area contributed by atoms with E-state index in [1.54, 1.807) is 16.7 Å². The summed E-state index contributed by atoms with van der Waals surface area (Å²) in [4.78, 5) is 22.4. The predicted molar refractivity (Wildman–Crippen MR) is 122 cm³/mol.